The van der Waals surface area contributed by atoms with Crippen molar-refractivity contribution in [2.24, 2.45) is 0 Å². The smallest absolute Gasteiger partial charge is 0.453 e. The lowest BCUT2D eigenvalue weighted by Crippen LogP contribution is -3.06. The molecule has 0 aliphatic heterocycles. The van der Waals surface area contributed by atoms with E-state index in [-0.39, 0.29) is 34.6 Å². The van der Waals surface area contributed by atoms with Gasteiger partial charge < -0.3 is 19.2 Å². The minimum atomic E-state index is -4.99. The summed E-state index contributed by atoms with van der Waals surface area (Å²) in [4.78, 5) is 14.0. The number of fused-ring (bicyclic) bond motifs is 1. The monoisotopic (exact) mass is 470 g/mol. The van der Waals surface area contributed by atoms with Gasteiger partial charge >= 0.3 is 6.18 Å². The zero-order valence-corrected chi connectivity index (χ0v) is 18.6. The summed E-state index contributed by atoms with van der Waals surface area (Å²) in [6.07, 6.45) is -4.99. The molecule has 0 saturated carbocycles. The second kappa shape index (κ2) is 9.23. The van der Waals surface area contributed by atoms with Crippen molar-refractivity contribution in [3.05, 3.63) is 99.4 Å². The average molecular weight is 470 g/mol. The minimum Gasteiger partial charge on any atom is -0.507 e. The number of aromatic hydroxyl groups is 1. The van der Waals surface area contributed by atoms with E-state index >= 15 is 0 Å². The molecule has 1 aromatic heterocycles. The van der Waals surface area contributed by atoms with E-state index in [2.05, 4.69) is 0 Å². The van der Waals surface area contributed by atoms with Crippen LogP contribution in [0.4, 0.5) is 13.2 Å². The average Bonchev–Trinajstić information content (AvgIpc) is 2.77. The number of phenolic OH excluding ortho intramolecular Hbond substituents is 1. The first-order valence-electron chi connectivity index (χ1n) is 10.6. The first-order chi connectivity index (χ1) is 16.1. The Bertz CT molecular complexity index is 1380. The molecule has 0 amide bonds. The van der Waals surface area contributed by atoms with Gasteiger partial charge in [-0.1, -0.05) is 42.5 Å². The molecule has 0 fully saturated rings. The molecule has 1 unspecified atom stereocenters. The van der Waals surface area contributed by atoms with Gasteiger partial charge in [-0.05, 0) is 36.8 Å². The summed E-state index contributed by atoms with van der Waals surface area (Å²) in [6.45, 7) is 2.45. The van der Waals surface area contributed by atoms with E-state index in [1.807, 2.05) is 37.4 Å². The van der Waals surface area contributed by atoms with Crippen LogP contribution < -0.4 is 15.1 Å². The molecule has 8 heteroatoms. The lowest BCUT2D eigenvalue weighted by Gasteiger charge is -2.18. The van der Waals surface area contributed by atoms with Crippen LogP contribution in [0.5, 0.6) is 17.2 Å². The van der Waals surface area contributed by atoms with Crippen molar-refractivity contribution >= 4 is 11.0 Å². The number of quaternary nitrogens is 1. The van der Waals surface area contributed by atoms with Crippen LogP contribution in [0.2, 0.25) is 0 Å². The highest BCUT2D eigenvalue weighted by atomic mass is 19.4. The highest BCUT2D eigenvalue weighted by Crippen LogP contribution is 2.39. The third-order valence-electron chi connectivity index (χ3n) is 5.39. The van der Waals surface area contributed by atoms with E-state index in [0.29, 0.717) is 6.54 Å². The lowest BCUT2D eigenvalue weighted by atomic mass is 10.1. The largest absolute Gasteiger partial charge is 0.507 e. The molecule has 0 radical (unpaired) electrons. The molecule has 4 aromatic rings. The van der Waals surface area contributed by atoms with E-state index in [9.17, 15) is 23.1 Å². The fourth-order valence-corrected chi connectivity index (χ4v) is 3.84. The van der Waals surface area contributed by atoms with Crippen molar-refractivity contribution < 1.29 is 32.3 Å². The maximum atomic E-state index is 13.9. The first kappa shape index (κ1) is 23.4. The van der Waals surface area contributed by atoms with Crippen LogP contribution in [0.15, 0.2) is 75.9 Å². The van der Waals surface area contributed by atoms with Crippen molar-refractivity contribution in [3.8, 4) is 17.2 Å². The number of hydrogen-bond donors (Lipinski definition) is 2. The number of benzene rings is 3. The van der Waals surface area contributed by atoms with Crippen LogP contribution in [0.3, 0.4) is 0 Å². The van der Waals surface area contributed by atoms with E-state index in [1.165, 1.54) is 24.3 Å². The van der Waals surface area contributed by atoms with Crippen LogP contribution in [-0.2, 0) is 19.3 Å². The van der Waals surface area contributed by atoms with Crippen LogP contribution in [-0.4, -0.2) is 12.2 Å². The summed E-state index contributed by atoms with van der Waals surface area (Å²) in [5, 5.41) is 10.4. The van der Waals surface area contributed by atoms with Gasteiger partial charge in [-0.2, -0.15) is 13.2 Å². The Balaban J connectivity index is 1.81. The van der Waals surface area contributed by atoms with E-state index in [1.54, 1.807) is 19.1 Å². The highest BCUT2D eigenvalue weighted by Gasteiger charge is 2.41. The van der Waals surface area contributed by atoms with Crippen molar-refractivity contribution in [1.82, 2.24) is 0 Å². The fraction of sp³-hybridized carbons (Fsp3) is 0.192. The van der Waals surface area contributed by atoms with E-state index in [0.717, 1.165) is 16.0 Å². The molecular weight excluding hydrogens is 447 g/mol. The SMILES string of the molecule is Cc1cccc(Oc2c(C(F)(F)F)oc3c(C[NH+](C)Cc4ccccc4)c(O)ccc3c2=O)c1. The van der Waals surface area contributed by atoms with Crippen molar-refractivity contribution in [3.63, 3.8) is 0 Å². The predicted molar refractivity (Wildman–Crippen MR) is 121 cm³/mol. The van der Waals surface area contributed by atoms with E-state index < -0.39 is 23.1 Å². The summed E-state index contributed by atoms with van der Waals surface area (Å²) in [6, 6.07) is 18.4. The second-order valence-corrected chi connectivity index (χ2v) is 8.24. The second-order valence-electron chi connectivity index (χ2n) is 8.24. The minimum absolute atomic E-state index is 0.0863. The third kappa shape index (κ3) is 4.92. The van der Waals surface area contributed by atoms with Gasteiger partial charge in [0.05, 0.1) is 18.0 Å². The molecule has 0 aliphatic carbocycles. The number of rotatable bonds is 6. The Labute approximate surface area is 193 Å². The molecule has 0 spiro atoms. The standard InChI is InChI=1S/C26H22F3NO4/c1-16-7-6-10-18(13-16)33-24-22(32)19-11-12-21(31)20(23(19)34-25(24)26(27,28)29)15-30(2)14-17-8-4-3-5-9-17/h3-13,31H,14-15H2,1-2H3/p+1. The number of ether oxygens (including phenoxy) is 1. The topological polar surface area (TPSA) is 64.1 Å². The van der Waals surface area contributed by atoms with Crippen LogP contribution >= 0.6 is 0 Å². The summed E-state index contributed by atoms with van der Waals surface area (Å²) < 4.78 is 52.5. The number of nitrogens with one attached hydrogen (secondary N) is 1. The van der Waals surface area contributed by atoms with Crippen LogP contribution in [0, 0.1) is 6.92 Å². The van der Waals surface area contributed by atoms with Gasteiger partial charge in [-0.15, -0.1) is 0 Å². The van der Waals surface area contributed by atoms with Gasteiger partial charge in [0.25, 0.3) is 5.76 Å². The highest BCUT2D eigenvalue weighted by molar-refractivity contribution is 5.83. The Morgan fingerprint density at radius 1 is 1.00 bits per heavy atom. The Hall–Kier alpha value is -3.78. The predicted octanol–water partition coefficient (Wildman–Crippen LogP) is 4.83. The number of aryl methyl sites for hydroxylation is 1. The summed E-state index contributed by atoms with van der Waals surface area (Å²) in [5.74, 6) is -2.64. The molecule has 1 heterocycles. The fourth-order valence-electron chi connectivity index (χ4n) is 3.84. The molecule has 1 atom stereocenters. The zero-order valence-electron chi connectivity index (χ0n) is 18.6. The molecule has 4 rings (SSSR count). The molecule has 0 aliphatic rings. The third-order valence-corrected chi connectivity index (χ3v) is 5.39. The number of halogens is 3. The van der Waals surface area contributed by atoms with Crippen molar-refractivity contribution in [2.45, 2.75) is 26.2 Å². The summed E-state index contributed by atoms with van der Waals surface area (Å²) in [7, 11) is 1.84. The van der Waals surface area contributed by atoms with Crippen molar-refractivity contribution in [1.29, 1.82) is 0 Å². The van der Waals surface area contributed by atoms with Gasteiger partial charge in [0, 0.05) is 5.56 Å². The summed E-state index contributed by atoms with van der Waals surface area (Å²) >= 11 is 0. The molecule has 5 nitrogen and oxygen atoms in total. The van der Waals surface area contributed by atoms with Gasteiger partial charge in [0.2, 0.25) is 11.2 Å². The van der Waals surface area contributed by atoms with Gasteiger partial charge in [-0.25, -0.2) is 0 Å². The molecular formula is C26H23F3NO4+. The van der Waals surface area contributed by atoms with Crippen LogP contribution in [0.25, 0.3) is 11.0 Å². The normalized spacial score (nSPS) is 12.6. The Morgan fingerprint density at radius 2 is 1.74 bits per heavy atom. The maximum absolute atomic E-state index is 13.9. The maximum Gasteiger partial charge on any atom is 0.453 e. The lowest BCUT2D eigenvalue weighted by molar-refractivity contribution is -0.907. The van der Waals surface area contributed by atoms with Crippen molar-refractivity contribution in [2.75, 3.05) is 7.05 Å². The van der Waals surface area contributed by atoms with Gasteiger partial charge in [-0.3, -0.25) is 4.79 Å². The Kier molecular flexibility index (Phi) is 6.34. The Morgan fingerprint density at radius 3 is 2.41 bits per heavy atom. The summed E-state index contributed by atoms with van der Waals surface area (Å²) in [5.41, 5.74) is 0.632. The molecule has 0 bridgehead atoms. The molecule has 2 N–H and O–H groups in total. The van der Waals surface area contributed by atoms with Crippen LogP contribution in [0.1, 0.15) is 22.5 Å². The molecule has 176 valence electrons. The number of hydrogen-bond acceptors (Lipinski definition) is 4. The van der Waals surface area contributed by atoms with Gasteiger partial charge in [0.15, 0.2) is 5.58 Å². The molecule has 3 aromatic carbocycles. The first-order valence-corrected chi connectivity index (χ1v) is 10.6. The number of phenols is 1. The number of alkyl halides is 3. The zero-order chi connectivity index (χ0) is 24.5. The van der Waals surface area contributed by atoms with Gasteiger partial charge in [0.1, 0.15) is 24.6 Å². The molecule has 0 saturated heterocycles. The quantitative estimate of drug-likeness (QED) is 0.424. The van der Waals surface area contributed by atoms with E-state index in [4.69, 9.17) is 9.15 Å². The molecule has 34 heavy (non-hydrogen) atoms.